The van der Waals surface area contributed by atoms with Crippen LogP contribution in [0.4, 0.5) is 0 Å². The van der Waals surface area contributed by atoms with Gasteiger partial charge in [0.05, 0.1) is 6.61 Å². The molecular formula is C22H24N2O. The highest BCUT2D eigenvalue weighted by Gasteiger charge is 2.02. The molecule has 25 heavy (non-hydrogen) atoms. The van der Waals surface area contributed by atoms with E-state index in [4.69, 9.17) is 10.5 Å². The van der Waals surface area contributed by atoms with E-state index in [-0.39, 0.29) is 0 Å². The average molecular weight is 332 g/mol. The maximum Gasteiger partial charge on any atom is 0.119 e. The summed E-state index contributed by atoms with van der Waals surface area (Å²) < 4.78 is 5.85. The van der Waals surface area contributed by atoms with Crippen LogP contribution in [0.2, 0.25) is 0 Å². The van der Waals surface area contributed by atoms with E-state index >= 15 is 0 Å². The summed E-state index contributed by atoms with van der Waals surface area (Å²) in [6, 6.07) is 22.8. The van der Waals surface area contributed by atoms with Crippen molar-refractivity contribution in [1.29, 1.82) is 0 Å². The second kappa shape index (κ2) is 9.00. The molecule has 2 aromatic carbocycles. The summed E-state index contributed by atoms with van der Waals surface area (Å²) in [4.78, 5) is 4.41. The van der Waals surface area contributed by atoms with Gasteiger partial charge in [0.1, 0.15) is 5.75 Å². The van der Waals surface area contributed by atoms with Crippen LogP contribution in [0.5, 0.6) is 5.75 Å². The summed E-state index contributed by atoms with van der Waals surface area (Å²) >= 11 is 0. The number of hydrogen-bond acceptors (Lipinski definition) is 3. The summed E-state index contributed by atoms with van der Waals surface area (Å²) in [6.45, 7) is 1.21. The molecule has 0 spiro atoms. The fourth-order valence-corrected chi connectivity index (χ4v) is 2.85. The molecule has 128 valence electrons. The Balaban J connectivity index is 1.46. The molecule has 3 aromatic rings. The zero-order valence-electron chi connectivity index (χ0n) is 14.4. The lowest BCUT2D eigenvalue weighted by Crippen LogP contribution is -2.06. The molecule has 3 heteroatoms. The van der Waals surface area contributed by atoms with Crippen molar-refractivity contribution in [2.45, 2.75) is 25.8 Å². The van der Waals surface area contributed by atoms with Gasteiger partial charge < -0.3 is 10.5 Å². The quantitative estimate of drug-likeness (QED) is 0.631. The minimum Gasteiger partial charge on any atom is -0.494 e. The van der Waals surface area contributed by atoms with E-state index in [1.54, 1.807) is 0 Å². The number of nitrogens with zero attached hydrogens (tertiary/aromatic N) is 1. The molecule has 0 fully saturated rings. The van der Waals surface area contributed by atoms with Crippen molar-refractivity contribution in [1.82, 2.24) is 4.98 Å². The van der Waals surface area contributed by atoms with E-state index in [0.29, 0.717) is 13.2 Å². The molecule has 0 amide bonds. The van der Waals surface area contributed by atoms with Crippen LogP contribution in [0.15, 0.2) is 72.9 Å². The highest BCUT2D eigenvalue weighted by molar-refractivity contribution is 5.31. The number of ether oxygens (including phenoxy) is 1. The van der Waals surface area contributed by atoms with Gasteiger partial charge in [0.25, 0.3) is 0 Å². The maximum atomic E-state index is 5.85. The molecule has 0 atom stereocenters. The zero-order valence-corrected chi connectivity index (χ0v) is 14.4. The van der Waals surface area contributed by atoms with Gasteiger partial charge in [-0.3, -0.25) is 4.98 Å². The number of aryl methyl sites for hydroxylation is 1. The first-order valence-electron chi connectivity index (χ1n) is 8.73. The fraction of sp³-hybridized carbons (Fsp3) is 0.227. The maximum absolute atomic E-state index is 5.85. The molecule has 0 unspecified atom stereocenters. The molecule has 0 bridgehead atoms. The molecule has 0 aliphatic carbocycles. The standard InChI is InChI=1S/C22H24N2O/c23-17-20-8-4-14-24-22(20)9-5-15-25-21-12-10-19(11-13-21)16-18-6-2-1-3-7-18/h1-4,6-8,10-14H,5,9,15-17,23H2. The third kappa shape index (κ3) is 5.16. The van der Waals surface area contributed by atoms with E-state index < -0.39 is 0 Å². The first-order valence-corrected chi connectivity index (χ1v) is 8.73. The van der Waals surface area contributed by atoms with Crippen molar-refractivity contribution in [3.63, 3.8) is 0 Å². The minimum absolute atomic E-state index is 0.535. The minimum atomic E-state index is 0.535. The highest BCUT2D eigenvalue weighted by atomic mass is 16.5. The Morgan fingerprint density at radius 3 is 2.36 bits per heavy atom. The van der Waals surface area contributed by atoms with Gasteiger partial charge in [-0.25, -0.2) is 0 Å². The van der Waals surface area contributed by atoms with E-state index in [9.17, 15) is 0 Å². The lowest BCUT2D eigenvalue weighted by Gasteiger charge is -2.09. The number of rotatable bonds is 8. The van der Waals surface area contributed by atoms with Crippen molar-refractivity contribution in [3.05, 3.63) is 95.3 Å². The number of hydrogen-bond donors (Lipinski definition) is 1. The molecule has 0 aliphatic rings. The van der Waals surface area contributed by atoms with Gasteiger partial charge >= 0.3 is 0 Å². The Labute approximate surface area is 149 Å². The molecule has 0 aliphatic heterocycles. The van der Waals surface area contributed by atoms with Crippen LogP contribution in [-0.4, -0.2) is 11.6 Å². The molecule has 3 nitrogen and oxygen atoms in total. The molecule has 3 rings (SSSR count). The van der Waals surface area contributed by atoms with E-state index in [1.807, 2.05) is 36.5 Å². The van der Waals surface area contributed by atoms with E-state index in [0.717, 1.165) is 36.3 Å². The highest BCUT2D eigenvalue weighted by Crippen LogP contribution is 2.16. The Morgan fingerprint density at radius 2 is 1.60 bits per heavy atom. The Morgan fingerprint density at radius 1 is 0.840 bits per heavy atom. The summed E-state index contributed by atoms with van der Waals surface area (Å²) in [5.41, 5.74) is 10.6. The lowest BCUT2D eigenvalue weighted by atomic mass is 10.1. The predicted molar refractivity (Wildman–Crippen MR) is 102 cm³/mol. The molecule has 0 saturated heterocycles. The van der Waals surface area contributed by atoms with Crippen LogP contribution in [-0.2, 0) is 19.4 Å². The predicted octanol–water partition coefficient (Wildman–Crippen LogP) is 4.14. The number of benzene rings is 2. The normalized spacial score (nSPS) is 10.6. The van der Waals surface area contributed by atoms with Gasteiger partial charge in [-0.1, -0.05) is 48.5 Å². The van der Waals surface area contributed by atoms with Gasteiger partial charge in [0.15, 0.2) is 0 Å². The smallest absolute Gasteiger partial charge is 0.119 e. The number of aromatic nitrogens is 1. The van der Waals surface area contributed by atoms with Gasteiger partial charge in [-0.05, 0) is 54.2 Å². The zero-order chi connectivity index (χ0) is 17.3. The SMILES string of the molecule is NCc1cccnc1CCCOc1ccc(Cc2ccccc2)cc1. The summed E-state index contributed by atoms with van der Waals surface area (Å²) in [5.74, 6) is 0.914. The van der Waals surface area contributed by atoms with Crippen LogP contribution >= 0.6 is 0 Å². The van der Waals surface area contributed by atoms with Crippen LogP contribution in [0.25, 0.3) is 0 Å². The van der Waals surface area contributed by atoms with Crippen LogP contribution in [0.1, 0.15) is 28.8 Å². The van der Waals surface area contributed by atoms with Crippen LogP contribution in [0, 0.1) is 0 Å². The van der Waals surface area contributed by atoms with Crippen molar-refractivity contribution >= 4 is 0 Å². The molecule has 1 heterocycles. The third-order valence-electron chi connectivity index (χ3n) is 4.21. The molecule has 0 radical (unpaired) electrons. The first-order chi connectivity index (χ1) is 12.3. The van der Waals surface area contributed by atoms with Gasteiger partial charge in [0, 0.05) is 18.4 Å². The summed E-state index contributed by atoms with van der Waals surface area (Å²) in [5, 5.41) is 0. The fourth-order valence-electron chi connectivity index (χ4n) is 2.85. The molecular weight excluding hydrogens is 308 g/mol. The summed E-state index contributed by atoms with van der Waals surface area (Å²) in [6.07, 6.45) is 4.58. The van der Waals surface area contributed by atoms with Crippen LogP contribution < -0.4 is 10.5 Å². The third-order valence-corrected chi connectivity index (χ3v) is 4.21. The molecule has 1 aromatic heterocycles. The Kier molecular flexibility index (Phi) is 6.18. The van der Waals surface area contributed by atoms with Crippen molar-refractivity contribution in [2.75, 3.05) is 6.61 Å². The Hall–Kier alpha value is -2.65. The van der Waals surface area contributed by atoms with E-state index in [2.05, 4.69) is 41.4 Å². The summed E-state index contributed by atoms with van der Waals surface area (Å²) in [7, 11) is 0. The van der Waals surface area contributed by atoms with Crippen molar-refractivity contribution < 1.29 is 4.74 Å². The molecule has 0 saturated carbocycles. The Bertz CT molecular complexity index is 770. The monoisotopic (exact) mass is 332 g/mol. The van der Waals surface area contributed by atoms with Gasteiger partial charge in [-0.15, -0.1) is 0 Å². The van der Waals surface area contributed by atoms with Crippen molar-refractivity contribution in [2.24, 2.45) is 5.73 Å². The van der Waals surface area contributed by atoms with Crippen molar-refractivity contribution in [3.8, 4) is 5.75 Å². The van der Waals surface area contributed by atoms with Gasteiger partial charge in [0.2, 0.25) is 0 Å². The lowest BCUT2D eigenvalue weighted by molar-refractivity contribution is 0.310. The van der Waals surface area contributed by atoms with Gasteiger partial charge in [-0.2, -0.15) is 0 Å². The average Bonchev–Trinajstić information content (AvgIpc) is 2.67. The molecule has 2 N–H and O–H groups in total. The second-order valence-corrected chi connectivity index (χ2v) is 6.07. The second-order valence-electron chi connectivity index (χ2n) is 6.07. The first kappa shape index (κ1) is 17.2. The topological polar surface area (TPSA) is 48.1 Å². The van der Waals surface area contributed by atoms with E-state index in [1.165, 1.54) is 11.1 Å². The number of nitrogens with two attached hydrogens (primary N) is 1. The van der Waals surface area contributed by atoms with Crippen LogP contribution in [0.3, 0.4) is 0 Å². The number of pyridine rings is 1. The largest absolute Gasteiger partial charge is 0.494 e.